The van der Waals surface area contributed by atoms with E-state index in [0.717, 1.165) is 11.1 Å². The normalized spacial score (nSPS) is 9.09. The number of nitrogens with two attached hydrogens (primary N) is 1. The predicted molar refractivity (Wildman–Crippen MR) is 46.9 cm³/mol. The number of rotatable bonds is 2. The van der Waals surface area contributed by atoms with Crippen molar-refractivity contribution >= 4 is 0 Å². The molecule has 1 aromatic carbocycles. The van der Waals surface area contributed by atoms with Crippen molar-refractivity contribution in [1.29, 1.82) is 0 Å². The molecule has 0 saturated heterocycles. The summed E-state index contributed by atoms with van der Waals surface area (Å²) in [6, 6.07) is 8.04. The molecule has 0 aliphatic heterocycles. The van der Waals surface area contributed by atoms with Crippen LogP contribution in [0.5, 0.6) is 0 Å². The molecule has 0 amide bonds. The van der Waals surface area contributed by atoms with Gasteiger partial charge in [-0.2, -0.15) is 0 Å². The topological polar surface area (TPSA) is 26.0 Å². The molecule has 1 nitrogen and oxygen atoms in total. The van der Waals surface area contributed by atoms with Crippen LogP contribution in [0.4, 0.5) is 0 Å². The summed E-state index contributed by atoms with van der Waals surface area (Å²) in [5, 5.41) is 0. The van der Waals surface area contributed by atoms with Gasteiger partial charge in [-0.15, -0.1) is 12.3 Å². The molecular weight excluding hydrogens is 134 g/mol. The van der Waals surface area contributed by atoms with Gasteiger partial charge in [0.05, 0.1) is 0 Å². The van der Waals surface area contributed by atoms with Crippen molar-refractivity contribution in [3.8, 4) is 12.3 Å². The first-order chi connectivity index (χ1) is 5.36. The molecule has 1 aromatic rings. The first kappa shape index (κ1) is 7.84. The maximum atomic E-state index is 5.46. The van der Waals surface area contributed by atoms with Gasteiger partial charge in [0.15, 0.2) is 0 Å². The van der Waals surface area contributed by atoms with E-state index in [9.17, 15) is 0 Å². The minimum absolute atomic E-state index is 0.582. The molecule has 11 heavy (non-hydrogen) atoms. The lowest BCUT2D eigenvalue weighted by Crippen LogP contribution is -1.96. The standard InChI is InChI=1S/C10H11N/c1-2-4-9-5-3-6-10(7-9)8-11/h1,3,5-7H,4,8,11H2. The van der Waals surface area contributed by atoms with Crippen LogP contribution in [0.2, 0.25) is 0 Å². The van der Waals surface area contributed by atoms with Crippen molar-refractivity contribution in [3.63, 3.8) is 0 Å². The fourth-order valence-electron chi connectivity index (χ4n) is 0.984. The van der Waals surface area contributed by atoms with Crippen LogP contribution < -0.4 is 5.73 Å². The van der Waals surface area contributed by atoms with E-state index in [4.69, 9.17) is 12.2 Å². The summed E-state index contributed by atoms with van der Waals surface area (Å²) < 4.78 is 0. The largest absolute Gasteiger partial charge is 0.326 e. The highest BCUT2D eigenvalue weighted by molar-refractivity contribution is 5.25. The van der Waals surface area contributed by atoms with Gasteiger partial charge in [0.2, 0.25) is 0 Å². The molecular formula is C10H11N. The molecule has 0 radical (unpaired) electrons. The van der Waals surface area contributed by atoms with Crippen LogP contribution in [0.25, 0.3) is 0 Å². The summed E-state index contributed by atoms with van der Waals surface area (Å²) in [4.78, 5) is 0. The number of hydrogen-bond acceptors (Lipinski definition) is 1. The number of terminal acetylenes is 1. The lowest BCUT2D eigenvalue weighted by molar-refractivity contribution is 1.06. The molecule has 0 bridgehead atoms. The summed E-state index contributed by atoms with van der Waals surface area (Å²) in [7, 11) is 0. The summed E-state index contributed by atoms with van der Waals surface area (Å²) in [6.45, 7) is 0.582. The zero-order valence-corrected chi connectivity index (χ0v) is 6.38. The van der Waals surface area contributed by atoms with Gasteiger partial charge in [-0.3, -0.25) is 0 Å². The molecule has 56 valence electrons. The molecule has 0 spiro atoms. The van der Waals surface area contributed by atoms with Crippen LogP contribution in [0.15, 0.2) is 24.3 Å². The minimum atomic E-state index is 0.582. The second-order valence-corrected chi connectivity index (χ2v) is 2.40. The maximum Gasteiger partial charge on any atom is 0.0337 e. The zero-order chi connectivity index (χ0) is 8.10. The molecule has 1 rings (SSSR count). The molecule has 0 fully saturated rings. The van der Waals surface area contributed by atoms with Gasteiger partial charge in [-0.1, -0.05) is 24.3 Å². The summed E-state index contributed by atoms with van der Waals surface area (Å²) in [5.74, 6) is 2.59. The van der Waals surface area contributed by atoms with E-state index in [1.54, 1.807) is 0 Å². The van der Waals surface area contributed by atoms with Gasteiger partial charge in [0.1, 0.15) is 0 Å². The molecule has 0 saturated carbocycles. The Morgan fingerprint density at radius 1 is 1.36 bits per heavy atom. The van der Waals surface area contributed by atoms with E-state index in [1.165, 1.54) is 0 Å². The van der Waals surface area contributed by atoms with Crippen LogP contribution in [0.1, 0.15) is 11.1 Å². The first-order valence-electron chi connectivity index (χ1n) is 3.58. The highest BCUT2D eigenvalue weighted by atomic mass is 14.5. The second kappa shape index (κ2) is 3.80. The Labute approximate surface area is 67.2 Å². The van der Waals surface area contributed by atoms with E-state index in [2.05, 4.69) is 5.92 Å². The number of hydrogen-bond donors (Lipinski definition) is 1. The smallest absolute Gasteiger partial charge is 0.0337 e. The van der Waals surface area contributed by atoms with Gasteiger partial charge < -0.3 is 5.73 Å². The average molecular weight is 145 g/mol. The summed E-state index contributed by atoms with van der Waals surface area (Å²) >= 11 is 0. The Morgan fingerprint density at radius 3 is 2.73 bits per heavy atom. The fourth-order valence-corrected chi connectivity index (χ4v) is 0.984. The van der Waals surface area contributed by atoms with Gasteiger partial charge in [0, 0.05) is 13.0 Å². The lowest BCUT2D eigenvalue weighted by Gasteiger charge is -1.98. The number of benzene rings is 1. The van der Waals surface area contributed by atoms with Crippen LogP contribution in [-0.2, 0) is 13.0 Å². The molecule has 0 aromatic heterocycles. The Bertz CT molecular complexity index is 270. The van der Waals surface area contributed by atoms with Crippen molar-refractivity contribution in [2.45, 2.75) is 13.0 Å². The second-order valence-electron chi connectivity index (χ2n) is 2.40. The minimum Gasteiger partial charge on any atom is -0.326 e. The maximum absolute atomic E-state index is 5.46. The molecule has 0 aliphatic rings. The molecule has 0 aliphatic carbocycles. The van der Waals surface area contributed by atoms with E-state index in [-0.39, 0.29) is 0 Å². The third kappa shape index (κ3) is 2.10. The Hall–Kier alpha value is -1.26. The predicted octanol–water partition coefficient (Wildman–Crippen LogP) is 1.32. The molecule has 2 N–H and O–H groups in total. The molecule has 1 heteroatoms. The van der Waals surface area contributed by atoms with Gasteiger partial charge in [0.25, 0.3) is 0 Å². The van der Waals surface area contributed by atoms with Gasteiger partial charge in [-0.25, -0.2) is 0 Å². The molecule has 0 atom stereocenters. The Balaban J connectivity index is 2.84. The van der Waals surface area contributed by atoms with Crippen LogP contribution in [-0.4, -0.2) is 0 Å². The fraction of sp³-hybridized carbons (Fsp3) is 0.200. The van der Waals surface area contributed by atoms with Crippen LogP contribution in [0.3, 0.4) is 0 Å². The third-order valence-corrected chi connectivity index (χ3v) is 1.53. The third-order valence-electron chi connectivity index (χ3n) is 1.53. The SMILES string of the molecule is C#CCc1cccc(CN)c1. The van der Waals surface area contributed by atoms with Crippen molar-refractivity contribution in [1.82, 2.24) is 0 Å². The summed E-state index contributed by atoms with van der Waals surface area (Å²) in [6.07, 6.45) is 5.86. The Kier molecular flexibility index (Phi) is 2.71. The monoisotopic (exact) mass is 145 g/mol. The van der Waals surface area contributed by atoms with E-state index in [1.807, 2.05) is 24.3 Å². The van der Waals surface area contributed by atoms with E-state index in [0.29, 0.717) is 13.0 Å². The first-order valence-corrected chi connectivity index (χ1v) is 3.58. The van der Waals surface area contributed by atoms with Crippen molar-refractivity contribution in [2.24, 2.45) is 5.73 Å². The van der Waals surface area contributed by atoms with Crippen molar-refractivity contribution in [2.75, 3.05) is 0 Å². The highest BCUT2D eigenvalue weighted by Gasteiger charge is 1.91. The van der Waals surface area contributed by atoms with Crippen molar-refractivity contribution in [3.05, 3.63) is 35.4 Å². The van der Waals surface area contributed by atoms with Gasteiger partial charge >= 0.3 is 0 Å². The van der Waals surface area contributed by atoms with E-state index >= 15 is 0 Å². The highest BCUT2D eigenvalue weighted by Crippen LogP contribution is 2.04. The zero-order valence-electron chi connectivity index (χ0n) is 6.38. The quantitative estimate of drug-likeness (QED) is 0.624. The van der Waals surface area contributed by atoms with Crippen LogP contribution >= 0.6 is 0 Å². The molecule has 0 heterocycles. The Morgan fingerprint density at radius 2 is 2.09 bits per heavy atom. The summed E-state index contributed by atoms with van der Waals surface area (Å²) in [5.41, 5.74) is 7.76. The van der Waals surface area contributed by atoms with Crippen LogP contribution in [0, 0.1) is 12.3 Å². The van der Waals surface area contributed by atoms with Gasteiger partial charge in [-0.05, 0) is 11.1 Å². The van der Waals surface area contributed by atoms with E-state index < -0.39 is 0 Å². The molecule has 0 unspecified atom stereocenters. The van der Waals surface area contributed by atoms with Crippen molar-refractivity contribution < 1.29 is 0 Å². The lowest BCUT2D eigenvalue weighted by atomic mass is 10.1. The average Bonchev–Trinajstić information content (AvgIpc) is 2.06.